The number of hydrogen-bond acceptors (Lipinski definition) is 1. The number of alkyl halides is 1. The molecule has 1 fully saturated rings. The zero-order valence-electron chi connectivity index (χ0n) is 10.6. The Kier molecular flexibility index (Phi) is 4.55. The molecular formula is C15H22FN. The van der Waals surface area contributed by atoms with Gasteiger partial charge in [0.1, 0.15) is 0 Å². The maximum absolute atomic E-state index is 12.8. The first kappa shape index (κ1) is 12.6. The molecule has 0 saturated carbocycles. The van der Waals surface area contributed by atoms with Crippen LogP contribution in [0.1, 0.15) is 43.2 Å². The molecule has 17 heavy (non-hydrogen) atoms. The molecular weight excluding hydrogens is 213 g/mol. The molecule has 0 aliphatic carbocycles. The first-order valence-electron chi connectivity index (χ1n) is 6.69. The van der Waals surface area contributed by atoms with Crippen molar-refractivity contribution in [2.45, 2.75) is 44.7 Å². The molecule has 1 aromatic rings. The summed E-state index contributed by atoms with van der Waals surface area (Å²) in [6.07, 6.45) is 3.25. The van der Waals surface area contributed by atoms with Crippen molar-refractivity contribution < 1.29 is 4.39 Å². The average Bonchev–Trinajstić information content (AvgIpc) is 2.38. The molecule has 0 radical (unpaired) electrons. The van der Waals surface area contributed by atoms with Crippen LogP contribution >= 0.6 is 0 Å². The normalized spacial score (nSPS) is 19.2. The third-order valence-corrected chi connectivity index (χ3v) is 3.59. The summed E-state index contributed by atoms with van der Waals surface area (Å²) in [5.74, 6) is 0.694. The highest BCUT2D eigenvalue weighted by Gasteiger charge is 2.15. The molecule has 1 saturated heterocycles. The van der Waals surface area contributed by atoms with Crippen molar-refractivity contribution in [3.05, 3.63) is 35.4 Å². The van der Waals surface area contributed by atoms with E-state index in [9.17, 15) is 4.39 Å². The predicted molar refractivity (Wildman–Crippen MR) is 70.2 cm³/mol. The highest BCUT2D eigenvalue weighted by Crippen LogP contribution is 2.26. The van der Waals surface area contributed by atoms with Crippen LogP contribution in [0.2, 0.25) is 0 Å². The second-order valence-corrected chi connectivity index (χ2v) is 5.09. The van der Waals surface area contributed by atoms with Gasteiger partial charge in [-0.05, 0) is 62.7 Å². The largest absolute Gasteiger partial charge is 0.317 e. The molecule has 2 rings (SSSR count). The summed E-state index contributed by atoms with van der Waals surface area (Å²) in [6, 6.07) is 8.74. The summed E-state index contributed by atoms with van der Waals surface area (Å²) < 4.78 is 12.8. The van der Waals surface area contributed by atoms with Crippen molar-refractivity contribution in [2.75, 3.05) is 13.1 Å². The smallest absolute Gasteiger partial charge is 0.0976 e. The molecule has 1 nitrogen and oxygen atoms in total. The lowest BCUT2D eigenvalue weighted by Gasteiger charge is -2.23. The molecule has 1 aromatic carbocycles. The van der Waals surface area contributed by atoms with Gasteiger partial charge in [0, 0.05) is 0 Å². The van der Waals surface area contributed by atoms with Gasteiger partial charge in [-0.15, -0.1) is 0 Å². The van der Waals surface area contributed by atoms with E-state index in [0.29, 0.717) is 12.3 Å². The lowest BCUT2D eigenvalue weighted by atomic mass is 9.89. The summed E-state index contributed by atoms with van der Waals surface area (Å²) in [5.41, 5.74) is 2.72. The van der Waals surface area contributed by atoms with E-state index in [1.165, 1.54) is 24.0 Å². The fraction of sp³-hybridized carbons (Fsp3) is 0.600. The van der Waals surface area contributed by atoms with Crippen LogP contribution in [0.25, 0.3) is 0 Å². The third-order valence-electron chi connectivity index (χ3n) is 3.59. The Morgan fingerprint density at radius 2 is 2.12 bits per heavy atom. The van der Waals surface area contributed by atoms with Gasteiger partial charge >= 0.3 is 0 Å². The lowest BCUT2D eigenvalue weighted by Crippen LogP contribution is -2.26. The molecule has 0 amide bonds. The minimum atomic E-state index is -0.697. The Morgan fingerprint density at radius 3 is 2.82 bits per heavy atom. The van der Waals surface area contributed by atoms with E-state index in [4.69, 9.17) is 0 Å². The average molecular weight is 235 g/mol. The highest BCUT2D eigenvalue weighted by atomic mass is 19.1. The molecule has 2 heteroatoms. The molecule has 1 aliphatic rings. The Hall–Kier alpha value is -0.890. The number of hydrogen-bond donors (Lipinski definition) is 1. The SMILES string of the molecule is CC(F)CCc1cccc(C2CCNCC2)c1. The van der Waals surface area contributed by atoms with Gasteiger partial charge in [-0.25, -0.2) is 4.39 Å². The Labute approximate surface area is 103 Å². The van der Waals surface area contributed by atoms with E-state index in [-0.39, 0.29) is 0 Å². The van der Waals surface area contributed by atoms with Crippen LogP contribution in [-0.2, 0) is 6.42 Å². The van der Waals surface area contributed by atoms with E-state index in [0.717, 1.165) is 19.5 Å². The summed E-state index contributed by atoms with van der Waals surface area (Å²) >= 11 is 0. The van der Waals surface area contributed by atoms with Gasteiger partial charge in [-0.3, -0.25) is 0 Å². The van der Waals surface area contributed by atoms with E-state index < -0.39 is 6.17 Å². The van der Waals surface area contributed by atoms with Gasteiger partial charge in [-0.2, -0.15) is 0 Å². The lowest BCUT2D eigenvalue weighted by molar-refractivity contribution is 0.341. The maximum atomic E-state index is 12.8. The van der Waals surface area contributed by atoms with Gasteiger partial charge < -0.3 is 5.32 Å². The Morgan fingerprint density at radius 1 is 1.35 bits per heavy atom. The van der Waals surface area contributed by atoms with Crippen LogP contribution < -0.4 is 5.32 Å². The highest BCUT2D eigenvalue weighted by molar-refractivity contribution is 5.27. The first-order valence-corrected chi connectivity index (χ1v) is 6.69. The van der Waals surface area contributed by atoms with Crippen LogP contribution in [0.4, 0.5) is 4.39 Å². The molecule has 1 heterocycles. The fourth-order valence-electron chi connectivity index (χ4n) is 2.52. The predicted octanol–water partition coefficient (Wildman–Crippen LogP) is 3.44. The van der Waals surface area contributed by atoms with Gasteiger partial charge in [0.15, 0.2) is 0 Å². The van der Waals surface area contributed by atoms with Crippen LogP contribution in [0.15, 0.2) is 24.3 Å². The Bertz CT molecular complexity index is 343. The summed E-state index contributed by atoms with van der Waals surface area (Å²) in [4.78, 5) is 0. The van der Waals surface area contributed by atoms with E-state index in [1.807, 2.05) is 0 Å². The molecule has 0 spiro atoms. The number of aryl methyl sites for hydroxylation is 1. The molecule has 1 N–H and O–H groups in total. The van der Waals surface area contributed by atoms with Crippen molar-refractivity contribution in [2.24, 2.45) is 0 Å². The molecule has 0 aromatic heterocycles. The molecule has 1 atom stereocenters. The number of halogens is 1. The zero-order chi connectivity index (χ0) is 12.1. The molecule has 1 unspecified atom stereocenters. The monoisotopic (exact) mass is 235 g/mol. The second kappa shape index (κ2) is 6.15. The van der Waals surface area contributed by atoms with Gasteiger partial charge in [0.25, 0.3) is 0 Å². The second-order valence-electron chi connectivity index (χ2n) is 5.09. The Balaban J connectivity index is 2.00. The van der Waals surface area contributed by atoms with Gasteiger partial charge in [-0.1, -0.05) is 24.3 Å². The topological polar surface area (TPSA) is 12.0 Å². The van der Waals surface area contributed by atoms with Crippen LogP contribution in [0, 0.1) is 0 Å². The van der Waals surface area contributed by atoms with Crippen LogP contribution in [0.3, 0.4) is 0 Å². The number of benzene rings is 1. The van der Waals surface area contributed by atoms with Crippen molar-refractivity contribution in [3.63, 3.8) is 0 Å². The van der Waals surface area contributed by atoms with Crippen molar-refractivity contribution in [1.82, 2.24) is 5.32 Å². The number of piperidine rings is 1. The van der Waals surface area contributed by atoms with Gasteiger partial charge in [0.05, 0.1) is 6.17 Å². The summed E-state index contributed by atoms with van der Waals surface area (Å²) in [6.45, 7) is 3.88. The molecule has 0 bridgehead atoms. The molecule has 94 valence electrons. The van der Waals surface area contributed by atoms with Crippen LogP contribution in [0.5, 0.6) is 0 Å². The quantitative estimate of drug-likeness (QED) is 0.843. The third kappa shape index (κ3) is 3.81. The van der Waals surface area contributed by atoms with E-state index >= 15 is 0 Å². The van der Waals surface area contributed by atoms with E-state index in [2.05, 4.69) is 29.6 Å². The minimum absolute atomic E-state index is 0.635. The van der Waals surface area contributed by atoms with Crippen molar-refractivity contribution >= 4 is 0 Å². The fourth-order valence-corrected chi connectivity index (χ4v) is 2.52. The summed E-state index contributed by atoms with van der Waals surface area (Å²) in [5, 5.41) is 3.39. The number of rotatable bonds is 4. The van der Waals surface area contributed by atoms with Crippen molar-refractivity contribution in [1.29, 1.82) is 0 Å². The minimum Gasteiger partial charge on any atom is -0.317 e. The van der Waals surface area contributed by atoms with Crippen LogP contribution in [-0.4, -0.2) is 19.3 Å². The maximum Gasteiger partial charge on any atom is 0.0976 e. The van der Waals surface area contributed by atoms with Crippen molar-refractivity contribution in [3.8, 4) is 0 Å². The first-order chi connectivity index (χ1) is 8.25. The molecule has 1 aliphatic heterocycles. The standard InChI is InChI=1S/C15H22FN/c1-12(16)5-6-13-3-2-4-15(11-13)14-7-9-17-10-8-14/h2-4,11-12,14,17H,5-10H2,1H3. The van der Waals surface area contributed by atoms with E-state index in [1.54, 1.807) is 6.92 Å². The zero-order valence-corrected chi connectivity index (χ0v) is 10.6. The van der Waals surface area contributed by atoms with Gasteiger partial charge in [0.2, 0.25) is 0 Å². The number of nitrogens with one attached hydrogen (secondary N) is 1. The summed E-state index contributed by atoms with van der Waals surface area (Å²) in [7, 11) is 0.